The zero-order valence-electron chi connectivity index (χ0n) is 9.07. The van der Waals surface area contributed by atoms with Crippen molar-refractivity contribution >= 4 is 11.6 Å². The van der Waals surface area contributed by atoms with Gasteiger partial charge in [-0.05, 0) is 26.0 Å². The van der Waals surface area contributed by atoms with E-state index in [1.807, 2.05) is 49.4 Å². The highest BCUT2D eigenvalue weighted by molar-refractivity contribution is 6.30. The molecule has 0 radical (unpaired) electrons. The summed E-state index contributed by atoms with van der Waals surface area (Å²) >= 11 is 5.61. The molecule has 0 N–H and O–H groups in total. The Balaban J connectivity index is 0.000000151. The van der Waals surface area contributed by atoms with E-state index in [-0.39, 0.29) is 0 Å². The SMILES string of the molecule is Cc1ccc(Cl)cc1.Cc1ccccc1. The average Bonchev–Trinajstić information content (AvgIpc) is 2.25. The number of hydrogen-bond donors (Lipinski definition) is 0. The summed E-state index contributed by atoms with van der Waals surface area (Å²) in [7, 11) is 0. The van der Waals surface area contributed by atoms with Crippen molar-refractivity contribution in [3.05, 3.63) is 70.7 Å². The van der Waals surface area contributed by atoms with Crippen LogP contribution >= 0.6 is 11.6 Å². The van der Waals surface area contributed by atoms with Crippen molar-refractivity contribution in [1.29, 1.82) is 0 Å². The molecule has 2 rings (SSSR count). The van der Waals surface area contributed by atoms with Gasteiger partial charge in [-0.3, -0.25) is 0 Å². The molecule has 0 unspecified atom stereocenters. The minimum absolute atomic E-state index is 0.801. The van der Waals surface area contributed by atoms with Gasteiger partial charge in [0.25, 0.3) is 0 Å². The molecule has 0 fully saturated rings. The normalized spacial score (nSPS) is 9.00. The highest BCUT2D eigenvalue weighted by atomic mass is 35.5. The Morgan fingerprint density at radius 1 is 0.667 bits per heavy atom. The second-order valence-electron chi connectivity index (χ2n) is 3.45. The van der Waals surface area contributed by atoms with E-state index >= 15 is 0 Å². The average molecular weight is 219 g/mol. The molecule has 0 amide bonds. The van der Waals surface area contributed by atoms with E-state index in [2.05, 4.69) is 19.1 Å². The Kier molecular flexibility index (Phi) is 4.92. The maximum atomic E-state index is 5.61. The van der Waals surface area contributed by atoms with Crippen molar-refractivity contribution in [2.45, 2.75) is 13.8 Å². The predicted molar refractivity (Wildman–Crippen MR) is 67.4 cm³/mol. The van der Waals surface area contributed by atoms with Gasteiger partial charge in [-0.2, -0.15) is 0 Å². The van der Waals surface area contributed by atoms with Crippen molar-refractivity contribution in [1.82, 2.24) is 0 Å². The molecule has 0 heterocycles. The first kappa shape index (κ1) is 11.8. The molecule has 0 saturated carbocycles. The molecular formula is C14H15Cl. The number of hydrogen-bond acceptors (Lipinski definition) is 0. The van der Waals surface area contributed by atoms with Crippen LogP contribution in [0.15, 0.2) is 54.6 Å². The van der Waals surface area contributed by atoms with Crippen LogP contribution in [0.4, 0.5) is 0 Å². The van der Waals surface area contributed by atoms with Crippen molar-refractivity contribution in [3.8, 4) is 0 Å². The monoisotopic (exact) mass is 218 g/mol. The van der Waals surface area contributed by atoms with Crippen LogP contribution in [-0.2, 0) is 0 Å². The van der Waals surface area contributed by atoms with Gasteiger partial charge in [-0.25, -0.2) is 0 Å². The lowest BCUT2D eigenvalue weighted by Crippen LogP contribution is -1.66. The highest BCUT2D eigenvalue weighted by Crippen LogP contribution is 2.07. The van der Waals surface area contributed by atoms with E-state index < -0.39 is 0 Å². The smallest absolute Gasteiger partial charge is 0.0406 e. The third kappa shape index (κ3) is 5.24. The summed E-state index contributed by atoms with van der Waals surface area (Å²) in [6, 6.07) is 18.0. The predicted octanol–water partition coefficient (Wildman–Crippen LogP) is 4.64. The third-order valence-corrected chi connectivity index (χ3v) is 2.20. The number of aryl methyl sites for hydroxylation is 2. The summed E-state index contributed by atoms with van der Waals surface area (Å²) < 4.78 is 0. The van der Waals surface area contributed by atoms with Gasteiger partial charge < -0.3 is 0 Å². The lowest BCUT2D eigenvalue weighted by Gasteiger charge is -1.88. The summed E-state index contributed by atoms with van der Waals surface area (Å²) in [6.45, 7) is 4.12. The van der Waals surface area contributed by atoms with Crippen LogP contribution in [0.3, 0.4) is 0 Å². The number of halogens is 1. The highest BCUT2D eigenvalue weighted by Gasteiger charge is 1.81. The lowest BCUT2D eigenvalue weighted by atomic mass is 10.2. The summed E-state index contributed by atoms with van der Waals surface area (Å²) in [6.07, 6.45) is 0. The lowest BCUT2D eigenvalue weighted by molar-refractivity contribution is 1.48. The fraction of sp³-hybridized carbons (Fsp3) is 0.143. The largest absolute Gasteiger partial charge is 0.0843 e. The molecule has 15 heavy (non-hydrogen) atoms. The molecule has 0 aliphatic heterocycles. The van der Waals surface area contributed by atoms with Crippen LogP contribution < -0.4 is 0 Å². The minimum Gasteiger partial charge on any atom is -0.0843 e. The van der Waals surface area contributed by atoms with Crippen LogP contribution in [0.2, 0.25) is 5.02 Å². The van der Waals surface area contributed by atoms with Gasteiger partial charge in [-0.1, -0.05) is 65.2 Å². The first-order chi connectivity index (χ1) is 7.18. The fourth-order valence-electron chi connectivity index (χ4n) is 1.07. The minimum atomic E-state index is 0.801. The molecule has 78 valence electrons. The van der Waals surface area contributed by atoms with E-state index in [0.717, 1.165) is 5.02 Å². The molecular weight excluding hydrogens is 204 g/mol. The maximum absolute atomic E-state index is 5.61. The number of rotatable bonds is 0. The summed E-state index contributed by atoms with van der Waals surface area (Å²) in [5.74, 6) is 0. The van der Waals surface area contributed by atoms with Crippen LogP contribution in [0, 0.1) is 13.8 Å². The van der Waals surface area contributed by atoms with Crippen LogP contribution in [0.1, 0.15) is 11.1 Å². The molecule has 2 aromatic rings. The molecule has 0 bridgehead atoms. The zero-order chi connectivity index (χ0) is 11.1. The summed E-state index contributed by atoms with van der Waals surface area (Å²) in [5.41, 5.74) is 2.57. The summed E-state index contributed by atoms with van der Waals surface area (Å²) in [4.78, 5) is 0. The van der Waals surface area contributed by atoms with E-state index in [9.17, 15) is 0 Å². The van der Waals surface area contributed by atoms with Crippen molar-refractivity contribution in [2.24, 2.45) is 0 Å². The van der Waals surface area contributed by atoms with Gasteiger partial charge in [0, 0.05) is 5.02 Å². The molecule has 0 saturated heterocycles. The quantitative estimate of drug-likeness (QED) is 0.604. The van der Waals surface area contributed by atoms with Gasteiger partial charge in [-0.15, -0.1) is 0 Å². The number of benzene rings is 2. The molecule has 1 heteroatoms. The van der Waals surface area contributed by atoms with Crippen LogP contribution in [0.5, 0.6) is 0 Å². The molecule has 0 nitrogen and oxygen atoms in total. The van der Waals surface area contributed by atoms with Crippen LogP contribution in [-0.4, -0.2) is 0 Å². The van der Waals surface area contributed by atoms with E-state index in [1.165, 1.54) is 11.1 Å². The first-order valence-electron chi connectivity index (χ1n) is 4.92. The van der Waals surface area contributed by atoms with Gasteiger partial charge >= 0.3 is 0 Å². The van der Waals surface area contributed by atoms with Gasteiger partial charge in [0.05, 0.1) is 0 Å². The topological polar surface area (TPSA) is 0 Å². The molecule has 2 aromatic carbocycles. The Labute approximate surface area is 96.5 Å². The Morgan fingerprint density at radius 3 is 1.47 bits per heavy atom. The molecule has 0 aliphatic rings. The first-order valence-corrected chi connectivity index (χ1v) is 5.30. The second-order valence-corrected chi connectivity index (χ2v) is 3.89. The molecule has 0 atom stereocenters. The van der Waals surface area contributed by atoms with Crippen molar-refractivity contribution in [2.75, 3.05) is 0 Å². The van der Waals surface area contributed by atoms with Crippen molar-refractivity contribution < 1.29 is 0 Å². The fourth-order valence-corrected chi connectivity index (χ4v) is 1.19. The molecule has 0 aliphatic carbocycles. The van der Waals surface area contributed by atoms with E-state index in [1.54, 1.807) is 0 Å². The van der Waals surface area contributed by atoms with E-state index in [0.29, 0.717) is 0 Å². The maximum Gasteiger partial charge on any atom is 0.0406 e. The van der Waals surface area contributed by atoms with Gasteiger partial charge in [0.2, 0.25) is 0 Å². The summed E-state index contributed by atoms with van der Waals surface area (Å²) in [5, 5.41) is 0.801. The molecule has 0 spiro atoms. The van der Waals surface area contributed by atoms with Crippen LogP contribution in [0.25, 0.3) is 0 Å². The third-order valence-electron chi connectivity index (χ3n) is 1.95. The van der Waals surface area contributed by atoms with Gasteiger partial charge in [0.15, 0.2) is 0 Å². The van der Waals surface area contributed by atoms with Gasteiger partial charge in [0.1, 0.15) is 0 Å². The Bertz CT molecular complexity index is 355. The Morgan fingerprint density at radius 2 is 1.13 bits per heavy atom. The standard InChI is InChI=1S/C7H7Cl.C7H8/c1-6-2-4-7(8)5-3-6;1-7-5-3-2-4-6-7/h2-5H,1H3;2-6H,1H3. The second kappa shape index (κ2) is 6.26. The van der Waals surface area contributed by atoms with E-state index in [4.69, 9.17) is 11.6 Å². The zero-order valence-corrected chi connectivity index (χ0v) is 9.83. The molecule has 0 aromatic heterocycles. The van der Waals surface area contributed by atoms with Crippen molar-refractivity contribution in [3.63, 3.8) is 0 Å². The Hall–Kier alpha value is -1.27.